The van der Waals surface area contributed by atoms with E-state index < -0.39 is 5.97 Å². The average Bonchev–Trinajstić information content (AvgIpc) is 2.35. The highest BCUT2D eigenvalue weighted by molar-refractivity contribution is 5.86. The van der Waals surface area contributed by atoms with E-state index in [-0.39, 0.29) is 5.69 Å². The number of nitrogens with one attached hydrogen (secondary N) is 1. The molecule has 0 amide bonds. The third-order valence-corrected chi connectivity index (χ3v) is 3.01. The molecular formula is C13H22N4O2. The first kappa shape index (κ1) is 15.2. The lowest BCUT2D eigenvalue weighted by Gasteiger charge is -2.20. The number of hydrogen-bond acceptors (Lipinski definition) is 5. The van der Waals surface area contributed by atoms with E-state index in [1.165, 1.54) is 6.07 Å². The zero-order chi connectivity index (χ0) is 14.4. The van der Waals surface area contributed by atoms with Gasteiger partial charge in [-0.05, 0) is 46.0 Å². The van der Waals surface area contributed by atoms with Crippen LogP contribution in [-0.2, 0) is 0 Å². The molecule has 0 aliphatic heterocycles. The van der Waals surface area contributed by atoms with Crippen LogP contribution in [0.2, 0.25) is 0 Å². The zero-order valence-electron chi connectivity index (χ0n) is 11.7. The molecule has 1 aromatic heterocycles. The topological polar surface area (TPSA) is 91.5 Å². The minimum Gasteiger partial charge on any atom is -0.477 e. The van der Waals surface area contributed by atoms with Crippen molar-refractivity contribution in [1.82, 2.24) is 9.88 Å². The Hall–Kier alpha value is -1.82. The Morgan fingerprint density at radius 2 is 2.21 bits per heavy atom. The number of hydrogen-bond donors (Lipinski definition) is 3. The number of carboxylic acids is 1. The molecule has 4 N–H and O–H groups in total. The molecule has 0 unspecified atom stereocenters. The number of aromatic nitrogens is 1. The minimum atomic E-state index is -1.05. The molecule has 0 bridgehead atoms. The largest absolute Gasteiger partial charge is 0.477 e. The van der Waals surface area contributed by atoms with Crippen molar-refractivity contribution in [3.63, 3.8) is 0 Å². The lowest BCUT2D eigenvalue weighted by Crippen LogP contribution is -2.28. The molecule has 0 atom stereocenters. The van der Waals surface area contributed by atoms with E-state index in [0.29, 0.717) is 24.1 Å². The van der Waals surface area contributed by atoms with E-state index in [1.807, 2.05) is 0 Å². The van der Waals surface area contributed by atoms with Gasteiger partial charge in [0.25, 0.3) is 0 Å². The lowest BCUT2D eigenvalue weighted by molar-refractivity contribution is 0.0690. The predicted molar refractivity (Wildman–Crippen MR) is 76.5 cm³/mol. The zero-order valence-corrected chi connectivity index (χ0v) is 11.7. The fourth-order valence-corrected chi connectivity index (χ4v) is 1.52. The Morgan fingerprint density at radius 3 is 2.79 bits per heavy atom. The molecule has 106 valence electrons. The first-order valence-electron chi connectivity index (χ1n) is 6.35. The van der Waals surface area contributed by atoms with Gasteiger partial charge in [0, 0.05) is 12.6 Å². The van der Waals surface area contributed by atoms with Crippen molar-refractivity contribution in [3.05, 3.63) is 17.8 Å². The lowest BCUT2D eigenvalue weighted by atomic mass is 10.3. The SMILES string of the molecule is CC(C)N(C)CCCNc1nc(C(=O)O)ccc1N. The normalized spacial score (nSPS) is 11.0. The van der Waals surface area contributed by atoms with Crippen LogP contribution in [0.3, 0.4) is 0 Å². The number of nitrogens with zero attached hydrogens (tertiary/aromatic N) is 2. The van der Waals surface area contributed by atoms with Crippen LogP contribution < -0.4 is 11.1 Å². The Morgan fingerprint density at radius 1 is 1.53 bits per heavy atom. The van der Waals surface area contributed by atoms with Crippen molar-refractivity contribution in [3.8, 4) is 0 Å². The first-order chi connectivity index (χ1) is 8.91. The fraction of sp³-hybridized carbons (Fsp3) is 0.538. The van der Waals surface area contributed by atoms with E-state index in [4.69, 9.17) is 10.8 Å². The molecule has 0 aliphatic carbocycles. The summed E-state index contributed by atoms with van der Waals surface area (Å²) in [7, 11) is 2.07. The highest BCUT2D eigenvalue weighted by Crippen LogP contribution is 2.15. The van der Waals surface area contributed by atoms with E-state index in [1.54, 1.807) is 6.07 Å². The number of anilines is 2. The number of pyridine rings is 1. The van der Waals surface area contributed by atoms with E-state index in [0.717, 1.165) is 13.0 Å². The van der Waals surface area contributed by atoms with Crippen molar-refractivity contribution in [2.45, 2.75) is 26.3 Å². The molecule has 1 heterocycles. The summed E-state index contributed by atoms with van der Waals surface area (Å²) in [6.45, 7) is 5.95. The van der Waals surface area contributed by atoms with Gasteiger partial charge in [0.2, 0.25) is 0 Å². The van der Waals surface area contributed by atoms with E-state index >= 15 is 0 Å². The van der Waals surface area contributed by atoms with Crippen molar-refractivity contribution in [2.75, 3.05) is 31.2 Å². The highest BCUT2D eigenvalue weighted by Gasteiger charge is 2.08. The van der Waals surface area contributed by atoms with Crippen molar-refractivity contribution in [2.24, 2.45) is 0 Å². The minimum absolute atomic E-state index is 0.00371. The maximum atomic E-state index is 10.8. The molecule has 0 saturated heterocycles. The quantitative estimate of drug-likeness (QED) is 0.648. The smallest absolute Gasteiger partial charge is 0.354 e. The third-order valence-electron chi connectivity index (χ3n) is 3.01. The third kappa shape index (κ3) is 4.75. The van der Waals surface area contributed by atoms with Gasteiger partial charge in [-0.1, -0.05) is 0 Å². The van der Waals surface area contributed by atoms with Crippen LogP contribution in [0.5, 0.6) is 0 Å². The van der Waals surface area contributed by atoms with Gasteiger partial charge in [0.05, 0.1) is 5.69 Å². The molecular weight excluding hydrogens is 244 g/mol. The van der Waals surface area contributed by atoms with Crippen LogP contribution in [-0.4, -0.2) is 47.1 Å². The van der Waals surface area contributed by atoms with Crippen LogP contribution in [0.1, 0.15) is 30.8 Å². The number of nitrogens with two attached hydrogens (primary N) is 1. The highest BCUT2D eigenvalue weighted by atomic mass is 16.4. The summed E-state index contributed by atoms with van der Waals surface area (Å²) in [5.41, 5.74) is 6.21. The second kappa shape index (κ2) is 6.94. The first-order valence-corrected chi connectivity index (χ1v) is 6.35. The molecule has 0 aliphatic rings. The number of aromatic carboxylic acids is 1. The molecule has 0 radical (unpaired) electrons. The molecule has 6 heteroatoms. The van der Waals surface area contributed by atoms with Crippen LogP contribution in [0.15, 0.2) is 12.1 Å². The number of carboxylic acid groups (broad SMARTS) is 1. The van der Waals surface area contributed by atoms with Crippen LogP contribution in [0, 0.1) is 0 Å². The molecule has 0 spiro atoms. The summed E-state index contributed by atoms with van der Waals surface area (Å²) >= 11 is 0. The monoisotopic (exact) mass is 266 g/mol. The van der Waals surface area contributed by atoms with Gasteiger partial charge >= 0.3 is 5.97 Å². The van der Waals surface area contributed by atoms with Crippen LogP contribution in [0.4, 0.5) is 11.5 Å². The van der Waals surface area contributed by atoms with Crippen LogP contribution in [0.25, 0.3) is 0 Å². The maximum absolute atomic E-state index is 10.8. The second-order valence-corrected chi connectivity index (χ2v) is 4.79. The molecule has 0 saturated carbocycles. The Kier molecular flexibility index (Phi) is 5.57. The Labute approximate surface area is 113 Å². The van der Waals surface area contributed by atoms with Crippen LogP contribution >= 0.6 is 0 Å². The summed E-state index contributed by atoms with van der Waals surface area (Å²) in [4.78, 5) is 17.0. The summed E-state index contributed by atoms with van der Waals surface area (Å²) in [6, 6.07) is 3.47. The van der Waals surface area contributed by atoms with E-state index in [9.17, 15) is 4.79 Å². The summed E-state index contributed by atoms with van der Waals surface area (Å²) in [5, 5.41) is 11.9. The summed E-state index contributed by atoms with van der Waals surface area (Å²) in [5.74, 6) is -0.616. The van der Waals surface area contributed by atoms with Crippen molar-refractivity contribution < 1.29 is 9.90 Å². The molecule has 1 rings (SSSR count). The van der Waals surface area contributed by atoms with Gasteiger partial charge in [0.15, 0.2) is 5.69 Å². The average molecular weight is 266 g/mol. The van der Waals surface area contributed by atoms with Gasteiger partial charge in [0.1, 0.15) is 5.82 Å². The Balaban J connectivity index is 2.49. The number of nitrogen functional groups attached to an aromatic ring is 1. The Bertz CT molecular complexity index is 435. The fourth-order valence-electron chi connectivity index (χ4n) is 1.52. The molecule has 1 aromatic rings. The van der Waals surface area contributed by atoms with Gasteiger partial charge in [-0.2, -0.15) is 0 Å². The molecule has 19 heavy (non-hydrogen) atoms. The van der Waals surface area contributed by atoms with E-state index in [2.05, 4.69) is 36.1 Å². The molecule has 0 aromatic carbocycles. The van der Waals surface area contributed by atoms with Crippen molar-refractivity contribution >= 4 is 17.5 Å². The standard InChI is InChI=1S/C13H22N4O2/c1-9(2)17(3)8-4-7-15-12-10(14)5-6-11(16-12)13(18)19/h5-6,9H,4,7-8,14H2,1-3H3,(H,15,16)(H,18,19). The summed E-state index contributed by atoms with van der Waals surface area (Å²) in [6.07, 6.45) is 0.938. The summed E-state index contributed by atoms with van der Waals surface area (Å²) < 4.78 is 0. The number of carbonyl (C=O) groups is 1. The molecule has 6 nitrogen and oxygen atoms in total. The van der Waals surface area contributed by atoms with Gasteiger partial charge in [-0.25, -0.2) is 9.78 Å². The second-order valence-electron chi connectivity index (χ2n) is 4.79. The van der Waals surface area contributed by atoms with Gasteiger partial charge in [-0.3, -0.25) is 0 Å². The van der Waals surface area contributed by atoms with Gasteiger partial charge in [-0.15, -0.1) is 0 Å². The predicted octanol–water partition coefficient (Wildman–Crippen LogP) is 1.50. The number of rotatable bonds is 7. The van der Waals surface area contributed by atoms with Gasteiger partial charge < -0.3 is 21.1 Å². The maximum Gasteiger partial charge on any atom is 0.354 e. The molecule has 0 fully saturated rings. The van der Waals surface area contributed by atoms with Crippen molar-refractivity contribution in [1.29, 1.82) is 0 Å².